The topological polar surface area (TPSA) is 312 Å². The van der Waals surface area contributed by atoms with Crippen molar-refractivity contribution in [2.45, 2.75) is 217 Å². The predicted octanol–water partition coefficient (Wildman–Crippen LogP) is 6.80. The molecule has 1 aliphatic carbocycles. The van der Waals surface area contributed by atoms with E-state index in [2.05, 4.69) is 16.0 Å². The van der Waals surface area contributed by atoms with Gasteiger partial charge in [-0.05, 0) is 25.7 Å². The Morgan fingerprint density at radius 3 is 1.35 bits per heavy atom. The van der Waals surface area contributed by atoms with E-state index < -0.39 is 78.8 Å². The van der Waals surface area contributed by atoms with Crippen molar-refractivity contribution < 1.29 is 95.4 Å². The van der Waals surface area contributed by atoms with E-state index in [9.17, 15) is 63.1 Å². The van der Waals surface area contributed by atoms with Crippen LogP contribution in [0, 0.1) is 0 Å². The van der Waals surface area contributed by atoms with E-state index in [1.165, 1.54) is 51.4 Å². The zero-order valence-electron chi connectivity index (χ0n) is 37.4. The van der Waals surface area contributed by atoms with Crippen LogP contribution in [0.4, 0.5) is 0 Å². The molecule has 0 aromatic carbocycles. The van der Waals surface area contributed by atoms with Crippen LogP contribution in [0.3, 0.4) is 0 Å². The van der Waals surface area contributed by atoms with Gasteiger partial charge in [0.2, 0.25) is 0 Å². The number of ketones is 1. The van der Waals surface area contributed by atoms with Crippen molar-refractivity contribution >= 4 is 35.2 Å². The lowest BCUT2D eigenvalue weighted by Gasteiger charge is -2.44. The first kappa shape index (κ1) is 60.3. The SMILES string of the molecule is CCCCCCCCCCCCCCCC(=O)O[C@H](COCOCCCCCCCCCCC(=O)CCC)COP(=O)(O)OC1C(O)[C@H](OP(=O)(O)O)C(O)[C@H](OP(=O)(O)O)[C@@H]1O. The number of hydrogen-bond acceptors (Lipinski definition) is 15. The number of carbonyl (C=O) groups excluding carboxylic acids is 2. The molecule has 0 heterocycles. The molecule has 1 fully saturated rings. The van der Waals surface area contributed by atoms with Gasteiger partial charge in [-0.3, -0.25) is 27.7 Å². The molecular formula is C40H79O20P3. The number of aliphatic hydroxyl groups excluding tert-OH is 3. The number of Topliss-reactive ketones (excluding diaryl/α,β-unsaturated/α-hetero) is 1. The highest BCUT2D eigenvalue weighted by molar-refractivity contribution is 7.47. The minimum atomic E-state index is -5.53. The smallest absolute Gasteiger partial charge is 0.457 e. The quantitative estimate of drug-likeness (QED) is 0.0135. The number of unbranched alkanes of at least 4 members (excludes halogenated alkanes) is 19. The molecule has 8 N–H and O–H groups in total. The second-order valence-electron chi connectivity index (χ2n) is 16.3. The van der Waals surface area contributed by atoms with Gasteiger partial charge in [0.15, 0.2) is 0 Å². The summed E-state index contributed by atoms with van der Waals surface area (Å²) in [6.45, 7) is 3.20. The Morgan fingerprint density at radius 1 is 0.492 bits per heavy atom. The molecule has 0 bridgehead atoms. The highest BCUT2D eigenvalue weighted by atomic mass is 31.2. The third-order valence-corrected chi connectivity index (χ3v) is 12.5. The monoisotopic (exact) mass is 972 g/mol. The zero-order valence-corrected chi connectivity index (χ0v) is 40.0. The highest BCUT2D eigenvalue weighted by Gasteiger charge is 2.56. The average molecular weight is 973 g/mol. The number of phosphoric acid groups is 3. The maximum Gasteiger partial charge on any atom is 0.472 e. The molecule has 8 atom stereocenters. The van der Waals surface area contributed by atoms with Crippen LogP contribution in [-0.2, 0) is 55.6 Å². The maximum atomic E-state index is 13.1. The third kappa shape index (κ3) is 31.0. The molecular weight excluding hydrogens is 893 g/mol. The number of ether oxygens (including phenoxy) is 3. The summed E-state index contributed by atoms with van der Waals surface area (Å²) in [7, 11) is -16.5. The van der Waals surface area contributed by atoms with Crippen LogP contribution in [0.15, 0.2) is 0 Å². The average Bonchev–Trinajstić information content (AvgIpc) is 3.20. The minimum Gasteiger partial charge on any atom is -0.457 e. The second-order valence-corrected chi connectivity index (χ2v) is 20.1. The molecule has 374 valence electrons. The van der Waals surface area contributed by atoms with Gasteiger partial charge in [-0.25, -0.2) is 13.7 Å². The molecule has 63 heavy (non-hydrogen) atoms. The fourth-order valence-corrected chi connectivity index (χ4v) is 9.26. The van der Waals surface area contributed by atoms with Crippen molar-refractivity contribution in [1.82, 2.24) is 0 Å². The normalized spacial score (nSPS) is 22.2. The van der Waals surface area contributed by atoms with Crippen molar-refractivity contribution in [1.29, 1.82) is 0 Å². The summed E-state index contributed by atoms with van der Waals surface area (Å²) in [6, 6.07) is 0. The Morgan fingerprint density at radius 2 is 0.905 bits per heavy atom. The first-order valence-electron chi connectivity index (χ1n) is 22.8. The van der Waals surface area contributed by atoms with Gasteiger partial charge in [0.05, 0.1) is 13.2 Å². The van der Waals surface area contributed by atoms with E-state index in [0.29, 0.717) is 31.7 Å². The summed E-state index contributed by atoms with van der Waals surface area (Å²) in [4.78, 5) is 72.1. The van der Waals surface area contributed by atoms with Crippen LogP contribution in [0.25, 0.3) is 0 Å². The largest absolute Gasteiger partial charge is 0.472 e. The number of esters is 1. The van der Waals surface area contributed by atoms with Crippen LogP contribution in [-0.4, -0.2) is 121 Å². The first-order chi connectivity index (χ1) is 29.8. The molecule has 1 aliphatic rings. The maximum absolute atomic E-state index is 13.1. The minimum absolute atomic E-state index is 0.0430. The number of hydrogen-bond donors (Lipinski definition) is 8. The van der Waals surface area contributed by atoms with Gasteiger partial charge in [0, 0.05) is 25.9 Å². The molecule has 0 saturated heterocycles. The van der Waals surface area contributed by atoms with E-state index in [-0.39, 0.29) is 19.8 Å². The van der Waals surface area contributed by atoms with Crippen LogP contribution in [0.1, 0.15) is 174 Å². The lowest BCUT2D eigenvalue weighted by molar-refractivity contribution is -0.213. The van der Waals surface area contributed by atoms with Gasteiger partial charge >= 0.3 is 29.4 Å². The Kier molecular flexibility index (Phi) is 33.1. The van der Waals surface area contributed by atoms with Crippen molar-refractivity contribution in [3.8, 4) is 0 Å². The molecule has 20 nitrogen and oxygen atoms in total. The molecule has 0 amide bonds. The summed E-state index contributed by atoms with van der Waals surface area (Å²) < 4.78 is 71.2. The van der Waals surface area contributed by atoms with Gasteiger partial charge in [-0.15, -0.1) is 0 Å². The number of aliphatic hydroxyl groups is 3. The molecule has 23 heteroatoms. The number of rotatable bonds is 41. The molecule has 0 aromatic heterocycles. The number of carbonyl (C=O) groups is 2. The summed E-state index contributed by atoms with van der Waals surface area (Å²) >= 11 is 0. The van der Waals surface area contributed by atoms with E-state index in [4.69, 9.17) is 23.3 Å². The van der Waals surface area contributed by atoms with Crippen LogP contribution in [0.5, 0.6) is 0 Å². The van der Waals surface area contributed by atoms with Gasteiger partial charge in [0.25, 0.3) is 0 Å². The highest BCUT2D eigenvalue weighted by Crippen LogP contribution is 2.51. The van der Waals surface area contributed by atoms with E-state index in [1.807, 2.05) is 6.92 Å². The van der Waals surface area contributed by atoms with Crippen LogP contribution in [0.2, 0.25) is 0 Å². The third-order valence-electron chi connectivity index (χ3n) is 10.5. The first-order valence-corrected chi connectivity index (χ1v) is 27.4. The van der Waals surface area contributed by atoms with Gasteiger partial charge in [0.1, 0.15) is 55.3 Å². The van der Waals surface area contributed by atoms with Gasteiger partial charge in [-0.1, -0.05) is 129 Å². The lowest BCUT2D eigenvalue weighted by Crippen LogP contribution is -2.65. The summed E-state index contributed by atoms with van der Waals surface area (Å²) in [5, 5.41) is 31.8. The molecule has 1 saturated carbocycles. The molecule has 0 spiro atoms. The molecule has 0 aromatic rings. The Balaban J connectivity index is 2.70. The van der Waals surface area contributed by atoms with Crippen molar-refractivity contribution in [2.75, 3.05) is 26.6 Å². The van der Waals surface area contributed by atoms with Crippen LogP contribution < -0.4 is 0 Å². The molecule has 0 radical (unpaired) electrons. The van der Waals surface area contributed by atoms with Crippen LogP contribution >= 0.6 is 23.5 Å². The standard InChI is InChI=1S/C40H79O20P3/c1-3-5-6-7-8-9-10-11-12-13-17-20-23-27-34(42)57-33(29-55-31-54-28-24-21-18-15-14-16-19-22-26-32(41)25-4-2)30-56-63(52,53)60-40-36(44)38(58-61(46,47)48)35(43)39(37(40)45)59-62(49,50)51/h33,35-40,43-45H,3-31H2,1-2H3,(H,52,53)(H2,46,47,48)(H2,49,50,51)/t33-,35?,36+,37?,38+,39-,40?/m1/s1. The van der Waals surface area contributed by atoms with Crippen molar-refractivity contribution in [3.63, 3.8) is 0 Å². The van der Waals surface area contributed by atoms with Crippen molar-refractivity contribution in [2.24, 2.45) is 0 Å². The fraction of sp³-hybridized carbons (Fsp3) is 0.950. The van der Waals surface area contributed by atoms with Gasteiger partial charge in [-0.2, -0.15) is 0 Å². The number of phosphoric ester groups is 3. The lowest BCUT2D eigenvalue weighted by atomic mass is 9.85. The Bertz CT molecular complexity index is 1310. The molecule has 4 unspecified atom stereocenters. The Hall–Kier alpha value is -0.730. The Labute approximate surface area is 373 Å². The summed E-state index contributed by atoms with van der Waals surface area (Å²) in [5.74, 6) is -0.309. The van der Waals surface area contributed by atoms with Crippen molar-refractivity contribution in [3.05, 3.63) is 0 Å². The van der Waals surface area contributed by atoms with E-state index >= 15 is 0 Å². The predicted molar refractivity (Wildman–Crippen MR) is 231 cm³/mol. The van der Waals surface area contributed by atoms with E-state index in [0.717, 1.165) is 83.5 Å². The second kappa shape index (κ2) is 34.5. The molecule has 1 rings (SSSR count). The summed E-state index contributed by atoms with van der Waals surface area (Å²) in [6.07, 6.45) is 8.60. The fourth-order valence-electron chi connectivity index (χ4n) is 7.16. The zero-order chi connectivity index (χ0) is 47.2. The molecule has 0 aliphatic heterocycles. The van der Waals surface area contributed by atoms with E-state index in [1.54, 1.807) is 0 Å². The summed E-state index contributed by atoms with van der Waals surface area (Å²) in [5.41, 5.74) is 0. The van der Waals surface area contributed by atoms with Gasteiger partial charge < -0.3 is 54.0 Å².